The SMILES string of the molecule is O=c1c2cn(Cc3ccc(-n4cccn4)cc3)c3ccccc3c-2nn1-c1ccncc1Cl. The molecule has 0 saturated carbocycles. The quantitative estimate of drug-likeness (QED) is 0.392. The van der Waals surface area contributed by atoms with Gasteiger partial charge < -0.3 is 4.57 Å². The first-order chi connectivity index (χ1) is 16.2. The van der Waals surface area contributed by atoms with Gasteiger partial charge in [0, 0.05) is 42.9 Å². The number of para-hydroxylation sites is 1. The minimum absolute atomic E-state index is 0.216. The molecule has 0 bridgehead atoms. The molecule has 0 unspecified atom stereocenters. The Morgan fingerprint density at radius 2 is 1.79 bits per heavy atom. The third-order valence-corrected chi connectivity index (χ3v) is 5.96. The summed E-state index contributed by atoms with van der Waals surface area (Å²) in [5.74, 6) is 0. The number of fused-ring (bicyclic) bond motifs is 3. The first-order valence-electron chi connectivity index (χ1n) is 10.4. The van der Waals surface area contributed by atoms with Gasteiger partial charge in [0.05, 0.1) is 27.5 Å². The molecule has 0 fully saturated rings. The molecule has 2 aliphatic rings. The topological polar surface area (TPSA) is 70.5 Å². The number of nitrogens with zero attached hydrogens (tertiary/aromatic N) is 6. The van der Waals surface area contributed by atoms with Crippen LogP contribution in [0.15, 0.2) is 96.4 Å². The third-order valence-electron chi connectivity index (χ3n) is 5.67. The smallest absolute Gasteiger partial charge is 0.282 e. The van der Waals surface area contributed by atoms with Crippen molar-refractivity contribution in [2.24, 2.45) is 0 Å². The third kappa shape index (κ3) is 3.30. The molecule has 0 saturated heterocycles. The van der Waals surface area contributed by atoms with E-state index in [0.717, 1.165) is 22.2 Å². The van der Waals surface area contributed by atoms with Crippen molar-refractivity contribution >= 4 is 22.5 Å². The fourth-order valence-electron chi connectivity index (χ4n) is 4.09. The fraction of sp³-hybridized carbons (Fsp3) is 0.0400. The Bertz CT molecular complexity index is 1620. The van der Waals surface area contributed by atoms with E-state index in [9.17, 15) is 4.79 Å². The fourth-order valence-corrected chi connectivity index (χ4v) is 4.29. The summed E-state index contributed by atoms with van der Waals surface area (Å²) >= 11 is 6.29. The summed E-state index contributed by atoms with van der Waals surface area (Å²) in [5.41, 5.74) is 4.57. The Morgan fingerprint density at radius 1 is 0.939 bits per heavy atom. The van der Waals surface area contributed by atoms with Gasteiger partial charge in [-0.3, -0.25) is 9.78 Å². The average molecular weight is 453 g/mol. The molecule has 7 nitrogen and oxygen atoms in total. The lowest BCUT2D eigenvalue weighted by Gasteiger charge is -2.14. The normalized spacial score (nSPS) is 11.4. The summed E-state index contributed by atoms with van der Waals surface area (Å²) in [4.78, 5) is 17.3. The highest BCUT2D eigenvalue weighted by molar-refractivity contribution is 6.32. The highest BCUT2D eigenvalue weighted by Gasteiger charge is 2.21. The summed E-state index contributed by atoms with van der Waals surface area (Å²) in [7, 11) is 0. The van der Waals surface area contributed by atoms with E-state index < -0.39 is 0 Å². The minimum Gasteiger partial charge on any atom is -0.342 e. The molecule has 0 atom stereocenters. The first kappa shape index (κ1) is 19.5. The zero-order valence-electron chi connectivity index (χ0n) is 17.3. The van der Waals surface area contributed by atoms with E-state index in [2.05, 4.69) is 31.9 Å². The van der Waals surface area contributed by atoms with Crippen LogP contribution in [0.2, 0.25) is 5.02 Å². The molecule has 0 spiro atoms. The average Bonchev–Trinajstić information content (AvgIpc) is 3.49. The molecular formula is C25H17ClN6O. The van der Waals surface area contributed by atoms with Crippen LogP contribution in [0.1, 0.15) is 5.56 Å². The molecule has 33 heavy (non-hydrogen) atoms. The number of aromatic nitrogens is 6. The standard InChI is InChI=1S/C25H17ClN6O/c26-21-14-27-12-10-23(21)32-25(33)20-16-30(22-5-2-1-4-19(22)24(20)29-32)15-17-6-8-18(9-7-17)31-13-3-11-28-31/h1-14,16H,15H2. The Labute approximate surface area is 193 Å². The van der Waals surface area contributed by atoms with E-state index in [1.807, 2.05) is 59.5 Å². The number of hydrogen-bond donors (Lipinski definition) is 0. The minimum atomic E-state index is -0.216. The largest absolute Gasteiger partial charge is 0.342 e. The maximum atomic E-state index is 13.3. The van der Waals surface area contributed by atoms with Crippen molar-refractivity contribution < 1.29 is 0 Å². The number of halogens is 1. The Balaban J connectivity index is 1.48. The van der Waals surface area contributed by atoms with Gasteiger partial charge in [-0.2, -0.15) is 14.9 Å². The van der Waals surface area contributed by atoms with Gasteiger partial charge in [0.25, 0.3) is 5.56 Å². The highest BCUT2D eigenvalue weighted by Crippen LogP contribution is 2.29. The van der Waals surface area contributed by atoms with Crippen molar-refractivity contribution in [1.29, 1.82) is 0 Å². The lowest BCUT2D eigenvalue weighted by Crippen LogP contribution is -2.15. The molecule has 6 rings (SSSR count). The predicted octanol–water partition coefficient (Wildman–Crippen LogP) is 4.57. The summed E-state index contributed by atoms with van der Waals surface area (Å²) in [6.45, 7) is 0.608. The van der Waals surface area contributed by atoms with Crippen LogP contribution in [0.4, 0.5) is 0 Å². The molecule has 0 amide bonds. The van der Waals surface area contributed by atoms with Crippen LogP contribution in [-0.2, 0) is 6.54 Å². The van der Waals surface area contributed by atoms with E-state index in [1.54, 1.807) is 18.5 Å². The predicted molar refractivity (Wildman–Crippen MR) is 127 cm³/mol. The van der Waals surface area contributed by atoms with Gasteiger partial charge in [0.15, 0.2) is 0 Å². The first-order valence-corrected chi connectivity index (χ1v) is 10.8. The van der Waals surface area contributed by atoms with Gasteiger partial charge in [-0.05, 0) is 35.9 Å². The number of rotatable bonds is 4. The van der Waals surface area contributed by atoms with Crippen LogP contribution in [0, 0.1) is 0 Å². The molecule has 4 aromatic rings. The van der Waals surface area contributed by atoms with Gasteiger partial charge in [-0.15, -0.1) is 0 Å². The Morgan fingerprint density at radius 3 is 2.58 bits per heavy atom. The zero-order chi connectivity index (χ0) is 22.4. The Kier molecular flexibility index (Phi) is 4.55. The van der Waals surface area contributed by atoms with E-state index in [0.29, 0.717) is 28.5 Å². The molecular weight excluding hydrogens is 436 g/mol. The second-order valence-electron chi connectivity index (χ2n) is 7.70. The summed E-state index contributed by atoms with van der Waals surface area (Å²) in [6, 6.07) is 19.8. The van der Waals surface area contributed by atoms with Gasteiger partial charge in [0.1, 0.15) is 5.69 Å². The molecule has 2 aliphatic heterocycles. The lowest BCUT2D eigenvalue weighted by atomic mass is 10.1. The Hall–Kier alpha value is -4.23. The van der Waals surface area contributed by atoms with Gasteiger partial charge in [0.2, 0.25) is 0 Å². The molecule has 0 aliphatic carbocycles. The molecule has 2 aromatic carbocycles. The molecule has 2 aromatic heterocycles. The van der Waals surface area contributed by atoms with Gasteiger partial charge >= 0.3 is 0 Å². The van der Waals surface area contributed by atoms with Crippen LogP contribution in [0.25, 0.3) is 33.5 Å². The van der Waals surface area contributed by atoms with Crippen LogP contribution in [-0.4, -0.2) is 29.1 Å². The van der Waals surface area contributed by atoms with Crippen molar-refractivity contribution in [2.45, 2.75) is 6.54 Å². The molecule has 160 valence electrons. The van der Waals surface area contributed by atoms with E-state index in [4.69, 9.17) is 11.6 Å². The van der Waals surface area contributed by atoms with Crippen LogP contribution < -0.4 is 5.56 Å². The van der Waals surface area contributed by atoms with Crippen LogP contribution in [0.3, 0.4) is 0 Å². The van der Waals surface area contributed by atoms with Crippen LogP contribution >= 0.6 is 11.6 Å². The van der Waals surface area contributed by atoms with Crippen molar-refractivity contribution in [3.63, 3.8) is 0 Å². The zero-order valence-corrected chi connectivity index (χ0v) is 18.1. The second kappa shape index (κ2) is 7.72. The summed E-state index contributed by atoms with van der Waals surface area (Å²) in [5, 5.41) is 10.2. The molecule has 8 heteroatoms. The number of benzene rings is 2. The lowest BCUT2D eigenvalue weighted by molar-refractivity contribution is 0.824. The molecule has 4 heterocycles. The van der Waals surface area contributed by atoms with Crippen molar-refractivity contribution in [3.8, 4) is 22.6 Å². The number of hydrogen-bond acceptors (Lipinski definition) is 4. The van der Waals surface area contributed by atoms with Crippen LogP contribution in [0.5, 0.6) is 0 Å². The van der Waals surface area contributed by atoms with E-state index in [-0.39, 0.29) is 5.56 Å². The van der Waals surface area contributed by atoms with Crippen molar-refractivity contribution in [2.75, 3.05) is 0 Å². The van der Waals surface area contributed by atoms with Gasteiger partial charge in [-0.1, -0.05) is 41.9 Å². The van der Waals surface area contributed by atoms with Crippen molar-refractivity contribution in [3.05, 3.63) is 113 Å². The summed E-state index contributed by atoms with van der Waals surface area (Å²) in [6.07, 6.45) is 8.64. The summed E-state index contributed by atoms with van der Waals surface area (Å²) < 4.78 is 5.26. The number of pyridine rings is 2. The maximum Gasteiger partial charge on any atom is 0.282 e. The van der Waals surface area contributed by atoms with E-state index in [1.165, 1.54) is 10.9 Å². The molecule has 0 N–H and O–H groups in total. The highest BCUT2D eigenvalue weighted by atomic mass is 35.5. The second-order valence-corrected chi connectivity index (χ2v) is 8.10. The maximum absolute atomic E-state index is 13.3. The molecule has 0 radical (unpaired) electrons. The van der Waals surface area contributed by atoms with E-state index >= 15 is 0 Å². The van der Waals surface area contributed by atoms with Crippen molar-refractivity contribution in [1.82, 2.24) is 29.1 Å². The monoisotopic (exact) mass is 452 g/mol. The van der Waals surface area contributed by atoms with Gasteiger partial charge in [-0.25, -0.2) is 4.68 Å².